The summed E-state index contributed by atoms with van der Waals surface area (Å²) in [5, 5.41) is 10.8. The van der Waals surface area contributed by atoms with E-state index in [2.05, 4.69) is 5.32 Å². The molecular formula is C8H12N2O3. The third-order valence-corrected chi connectivity index (χ3v) is 1.64. The van der Waals surface area contributed by atoms with Crippen molar-refractivity contribution in [3.05, 3.63) is 0 Å². The molecule has 72 valence electrons. The van der Waals surface area contributed by atoms with Gasteiger partial charge in [0.25, 0.3) is 5.91 Å². The molecule has 1 amide bonds. The predicted molar refractivity (Wildman–Crippen MR) is 43.8 cm³/mol. The Kier molecular flexibility index (Phi) is 4.23. The molecule has 1 fully saturated rings. The summed E-state index contributed by atoms with van der Waals surface area (Å²) in [6.45, 7) is 1.67. The van der Waals surface area contributed by atoms with Gasteiger partial charge in [0.1, 0.15) is 0 Å². The molecule has 0 aliphatic carbocycles. The first-order valence-corrected chi connectivity index (χ1v) is 4.18. The van der Waals surface area contributed by atoms with Gasteiger partial charge in [0.2, 0.25) is 0 Å². The van der Waals surface area contributed by atoms with Crippen LogP contribution in [0.15, 0.2) is 0 Å². The van der Waals surface area contributed by atoms with Gasteiger partial charge < -0.3 is 14.8 Å². The standard InChI is InChI=1S/C8H12N2O3/c9-2-1-3-10-8(11)7-6-12-4-5-13-7/h7H,1,3-6H2,(H,10,11). The summed E-state index contributed by atoms with van der Waals surface area (Å²) in [5.74, 6) is -0.199. The fourth-order valence-corrected chi connectivity index (χ4v) is 0.995. The Hall–Kier alpha value is -1.12. The van der Waals surface area contributed by atoms with Crippen molar-refractivity contribution < 1.29 is 14.3 Å². The van der Waals surface area contributed by atoms with Gasteiger partial charge in [0, 0.05) is 6.54 Å². The Bertz CT molecular complexity index is 206. The molecule has 1 rings (SSSR count). The Labute approximate surface area is 76.6 Å². The van der Waals surface area contributed by atoms with E-state index in [-0.39, 0.29) is 5.91 Å². The van der Waals surface area contributed by atoms with E-state index in [1.165, 1.54) is 0 Å². The van der Waals surface area contributed by atoms with E-state index in [9.17, 15) is 4.79 Å². The highest BCUT2D eigenvalue weighted by Crippen LogP contribution is 2.00. The van der Waals surface area contributed by atoms with Gasteiger partial charge in [-0.15, -0.1) is 0 Å². The van der Waals surface area contributed by atoms with Crippen LogP contribution in [0.4, 0.5) is 0 Å². The van der Waals surface area contributed by atoms with Gasteiger partial charge >= 0.3 is 0 Å². The molecule has 1 N–H and O–H groups in total. The smallest absolute Gasteiger partial charge is 0.251 e. The topological polar surface area (TPSA) is 71.4 Å². The first-order chi connectivity index (χ1) is 6.34. The maximum atomic E-state index is 11.2. The van der Waals surface area contributed by atoms with Crippen molar-refractivity contribution in [3.8, 4) is 6.07 Å². The third kappa shape index (κ3) is 3.40. The number of hydrogen-bond acceptors (Lipinski definition) is 4. The van der Waals surface area contributed by atoms with E-state index in [0.29, 0.717) is 32.8 Å². The van der Waals surface area contributed by atoms with Crippen LogP contribution in [0.3, 0.4) is 0 Å². The van der Waals surface area contributed by atoms with Gasteiger partial charge in [-0.25, -0.2) is 0 Å². The largest absolute Gasteiger partial charge is 0.376 e. The molecule has 0 spiro atoms. The molecule has 1 atom stereocenters. The summed E-state index contributed by atoms with van der Waals surface area (Å²) in [6.07, 6.45) is -0.188. The molecule has 0 bridgehead atoms. The van der Waals surface area contributed by atoms with Crippen molar-refractivity contribution in [2.75, 3.05) is 26.4 Å². The average Bonchev–Trinajstić information content (AvgIpc) is 2.19. The van der Waals surface area contributed by atoms with Crippen molar-refractivity contribution in [3.63, 3.8) is 0 Å². The molecule has 0 saturated carbocycles. The van der Waals surface area contributed by atoms with Crippen LogP contribution in [0, 0.1) is 11.3 Å². The summed E-state index contributed by atoms with van der Waals surface area (Å²) in [7, 11) is 0. The lowest BCUT2D eigenvalue weighted by Gasteiger charge is -2.21. The fourth-order valence-electron chi connectivity index (χ4n) is 0.995. The maximum absolute atomic E-state index is 11.2. The van der Waals surface area contributed by atoms with Crippen molar-refractivity contribution in [1.29, 1.82) is 5.26 Å². The highest BCUT2D eigenvalue weighted by Gasteiger charge is 2.21. The van der Waals surface area contributed by atoms with Gasteiger partial charge in [0.15, 0.2) is 6.10 Å². The van der Waals surface area contributed by atoms with Crippen LogP contribution in [-0.4, -0.2) is 38.4 Å². The minimum atomic E-state index is -0.507. The monoisotopic (exact) mass is 184 g/mol. The summed E-state index contributed by atoms with van der Waals surface area (Å²) < 4.78 is 10.2. The van der Waals surface area contributed by atoms with Gasteiger partial charge in [-0.05, 0) is 0 Å². The van der Waals surface area contributed by atoms with Crippen LogP contribution in [-0.2, 0) is 14.3 Å². The summed E-state index contributed by atoms with van der Waals surface area (Å²) in [5.41, 5.74) is 0. The van der Waals surface area contributed by atoms with E-state index in [0.717, 1.165) is 0 Å². The number of rotatable bonds is 3. The maximum Gasteiger partial charge on any atom is 0.251 e. The molecule has 1 saturated heterocycles. The number of amides is 1. The van der Waals surface area contributed by atoms with Crippen LogP contribution >= 0.6 is 0 Å². The Morgan fingerprint density at radius 3 is 3.08 bits per heavy atom. The van der Waals surface area contributed by atoms with Crippen LogP contribution in [0.5, 0.6) is 0 Å². The summed E-state index contributed by atoms with van der Waals surface area (Å²) in [6, 6.07) is 1.94. The van der Waals surface area contributed by atoms with E-state index in [1.54, 1.807) is 0 Å². The second kappa shape index (κ2) is 5.51. The molecule has 1 unspecified atom stereocenters. The van der Waals surface area contributed by atoms with Crippen LogP contribution in [0.1, 0.15) is 6.42 Å². The Morgan fingerprint density at radius 2 is 2.46 bits per heavy atom. The molecule has 0 aromatic carbocycles. The molecule has 5 nitrogen and oxygen atoms in total. The zero-order valence-electron chi connectivity index (χ0n) is 7.28. The lowest BCUT2D eigenvalue weighted by Crippen LogP contribution is -2.43. The Balaban J connectivity index is 2.18. The predicted octanol–water partition coefficient (Wildman–Crippen LogP) is -0.568. The van der Waals surface area contributed by atoms with Gasteiger partial charge in [-0.3, -0.25) is 4.79 Å². The average molecular weight is 184 g/mol. The molecule has 1 aliphatic rings. The molecule has 5 heteroatoms. The van der Waals surface area contributed by atoms with Crippen molar-refractivity contribution in [2.45, 2.75) is 12.5 Å². The second-order valence-electron chi connectivity index (χ2n) is 2.63. The lowest BCUT2D eigenvalue weighted by atomic mass is 10.3. The number of ether oxygens (including phenoxy) is 2. The van der Waals surface area contributed by atoms with E-state index in [1.807, 2.05) is 6.07 Å². The minimum Gasteiger partial charge on any atom is -0.376 e. The first kappa shape index (κ1) is 9.96. The minimum absolute atomic E-state index is 0.199. The molecular weight excluding hydrogens is 172 g/mol. The van der Waals surface area contributed by atoms with Crippen LogP contribution < -0.4 is 5.32 Å². The van der Waals surface area contributed by atoms with Crippen molar-refractivity contribution in [2.24, 2.45) is 0 Å². The quantitative estimate of drug-likeness (QED) is 0.596. The highest BCUT2D eigenvalue weighted by atomic mass is 16.6. The Morgan fingerprint density at radius 1 is 1.62 bits per heavy atom. The second-order valence-corrected chi connectivity index (χ2v) is 2.63. The summed E-state index contributed by atoms with van der Waals surface area (Å²) >= 11 is 0. The number of nitrogens with one attached hydrogen (secondary N) is 1. The van der Waals surface area contributed by atoms with Crippen molar-refractivity contribution >= 4 is 5.91 Å². The zero-order valence-corrected chi connectivity index (χ0v) is 7.28. The number of nitrogens with zero attached hydrogens (tertiary/aromatic N) is 1. The fraction of sp³-hybridized carbons (Fsp3) is 0.750. The molecule has 0 aromatic rings. The summed E-state index contributed by atoms with van der Waals surface area (Å²) in [4.78, 5) is 11.2. The van der Waals surface area contributed by atoms with E-state index < -0.39 is 6.10 Å². The van der Waals surface area contributed by atoms with Gasteiger partial charge in [-0.2, -0.15) is 5.26 Å². The van der Waals surface area contributed by atoms with E-state index in [4.69, 9.17) is 14.7 Å². The molecule has 0 radical (unpaired) electrons. The zero-order chi connectivity index (χ0) is 9.52. The molecule has 0 aromatic heterocycles. The van der Waals surface area contributed by atoms with Gasteiger partial charge in [-0.1, -0.05) is 0 Å². The molecule has 13 heavy (non-hydrogen) atoms. The van der Waals surface area contributed by atoms with Crippen molar-refractivity contribution in [1.82, 2.24) is 5.32 Å². The molecule has 1 aliphatic heterocycles. The van der Waals surface area contributed by atoms with Crippen LogP contribution in [0.25, 0.3) is 0 Å². The number of carbonyl (C=O) groups is 1. The third-order valence-electron chi connectivity index (χ3n) is 1.64. The normalized spacial score (nSPS) is 21.9. The lowest BCUT2D eigenvalue weighted by molar-refractivity contribution is -0.147. The number of hydrogen-bond donors (Lipinski definition) is 1. The number of nitriles is 1. The van der Waals surface area contributed by atoms with Crippen LogP contribution in [0.2, 0.25) is 0 Å². The number of carbonyl (C=O) groups excluding carboxylic acids is 1. The highest BCUT2D eigenvalue weighted by molar-refractivity contribution is 5.80. The SMILES string of the molecule is N#CCCNC(=O)C1COCCO1. The van der Waals surface area contributed by atoms with Gasteiger partial charge in [0.05, 0.1) is 32.3 Å². The van der Waals surface area contributed by atoms with E-state index >= 15 is 0 Å². The first-order valence-electron chi connectivity index (χ1n) is 4.18. The molecule has 1 heterocycles.